The lowest BCUT2D eigenvalue weighted by Crippen LogP contribution is -2.37. The number of fused-ring (bicyclic) bond motifs is 1. The van der Waals surface area contributed by atoms with Gasteiger partial charge in [0.2, 0.25) is 0 Å². The van der Waals surface area contributed by atoms with E-state index in [1.807, 2.05) is 0 Å². The zero-order chi connectivity index (χ0) is 15.1. The molecule has 0 radical (unpaired) electrons. The number of nitrogens with two attached hydrogens (primary N) is 1. The summed E-state index contributed by atoms with van der Waals surface area (Å²) in [4.78, 5) is 11.9. The van der Waals surface area contributed by atoms with Crippen LogP contribution in [0.25, 0.3) is 11.2 Å². The Kier molecular flexibility index (Phi) is 3.23. The van der Waals surface area contributed by atoms with Crippen molar-refractivity contribution in [3.05, 3.63) is 12.7 Å². The molecule has 2 aromatic heterocycles. The maximum absolute atomic E-state index is 10.1. The van der Waals surface area contributed by atoms with Crippen molar-refractivity contribution in [3.8, 4) is 12.3 Å². The van der Waals surface area contributed by atoms with Crippen molar-refractivity contribution in [1.82, 2.24) is 19.5 Å². The second-order valence-corrected chi connectivity index (χ2v) is 4.67. The van der Waals surface area contributed by atoms with E-state index in [1.165, 1.54) is 17.2 Å². The van der Waals surface area contributed by atoms with E-state index in [4.69, 9.17) is 16.9 Å². The van der Waals surface area contributed by atoms with Crippen molar-refractivity contribution < 1.29 is 20.1 Å². The van der Waals surface area contributed by atoms with Crippen molar-refractivity contribution in [2.45, 2.75) is 30.6 Å². The molecule has 0 unspecified atom stereocenters. The fraction of sp³-hybridized carbons (Fsp3) is 0.417. The molecule has 9 nitrogen and oxygen atoms in total. The molecule has 1 aliphatic heterocycles. The fourth-order valence-electron chi connectivity index (χ4n) is 2.33. The Morgan fingerprint density at radius 1 is 1.33 bits per heavy atom. The lowest BCUT2D eigenvalue weighted by atomic mass is 10.1. The molecule has 5 N–H and O–H groups in total. The molecule has 3 heterocycles. The number of aromatic nitrogens is 4. The summed E-state index contributed by atoms with van der Waals surface area (Å²) in [5.41, 5.74) is 6.37. The Labute approximate surface area is 119 Å². The van der Waals surface area contributed by atoms with Crippen LogP contribution in [0.15, 0.2) is 12.7 Å². The van der Waals surface area contributed by atoms with Gasteiger partial charge in [0.1, 0.15) is 36.3 Å². The molecule has 0 bridgehead atoms. The maximum Gasteiger partial charge on any atom is 0.167 e. The van der Waals surface area contributed by atoms with Crippen LogP contribution in [0, 0.1) is 12.3 Å². The highest BCUT2D eigenvalue weighted by Crippen LogP contribution is 2.33. The molecule has 5 atom stereocenters. The van der Waals surface area contributed by atoms with Gasteiger partial charge in [0.15, 0.2) is 17.7 Å². The Hall–Kier alpha value is -2.25. The van der Waals surface area contributed by atoms with E-state index in [2.05, 4.69) is 20.9 Å². The Balaban J connectivity index is 2.00. The number of anilines is 1. The largest absolute Gasteiger partial charge is 0.387 e. The zero-order valence-corrected chi connectivity index (χ0v) is 10.7. The van der Waals surface area contributed by atoms with Gasteiger partial charge in [-0.25, -0.2) is 15.0 Å². The van der Waals surface area contributed by atoms with Crippen molar-refractivity contribution in [3.63, 3.8) is 0 Å². The summed E-state index contributed by atoms with van der Waals surface area (Å²) >= 11 is 0. The van der Waals surface area contributed by atoms with E-state index in [0.29, 0.717) is 11.2 Å². The highest BCUT2D eigenvalue weighted by molar-refractivity contribution is 5.81. The summed E-state index contributed by atoms with van der Waals surface area (Å²) in [6, 6.07) is 0. The number of terminal acetylenes is 1. The zero-order valence-electron chi connectivity index (χ0n) is 10.7. The number of rotatable bonds is 2. The molecule has 9 heteroatoms. The number of hydrogen-bond acceptors (Lipinski definition) is 8. The molecule has 21 heavy (non-hydrogen) atoms. The van der Waals surface area contributed by atoms with Crippen molar-refractivity contribution in [2.75, 3.05) is 5.73 Å². The molecule has 0 spiro atoms. The van der Waals surface area contributed by atoms with Crippen LogP contribution in [0.1, 0.15) is 6.23 Å². The number of aliphatic hydroxyl groups excluding tert-OH is 3. The first-order chi connectivity index (χ1) is 10.0. The molecule has 0 saturated carbocycles. The lowest BCUT2D eigenvalue weighted by Gasteiger charge is -2.16. The highest BCUT2D eigenvalue weighted by atomic mass is 16.6. The first-order valence-corrected chi connectivity index (χ1v) is 6.13. The van der Waals surface area contributed by atoms with Gasteiger partial charge in [-0.2, -0.15) is 0 Å². The Bertz CT molecular complexity index is 711. The number of nitrogens with zero attached hydrogens (tertiary/aromatic N) is 4. The quantitative estimate of drug-likeness (QED) is 0.467. The minimum atomic E-state index is -1.34. The van der Waals surface area contributed by atoms with Crippen molar-refractivity contribution in [2.24, 2.45) is 0 Å². The van der Waals surface area contributed by atoms with Crippen LogP contribution >= 0.6 is 0 Å². The van der Waals surface area contributed by atoms with Gasteiger partial charge in [0.05, 0.1) is 6.33 Å². The average Bonchev–Trinajstić information content (AvgIpc) is 3.02. The van der Waals surface area contributed by atoms with Gasteiger partial charge < -0.3 is 25.8 Å². The first-order valence-electron chi connectivity index (χ1n) is 6.13. The van der Waals surface area contributed by atoms with Crippen LogP contribution in [0.5, 0.6) is 0 Å². The van der Waals surface area contributed by atoms with Gasteiger partial charge in [-0.3, -0.25) is 4.57 Å². The molecule has 2 aromatic rings. The van der Waals surface area contributed by atoms with Crippen molar-refractivity contribution >= 4 is 17.0 Å². The van der Waals surface area contributed by atoms with Crippen LogP contribution in [-0.2, 0) is 4.74 Å². The Morgan fingerprint density at radius 2 is 2.10 bits per heavy atom. The number of hydrogen-bond donors (Lipinski definition) is 4. The molecule has 1 aliphatic rings. The third-order valence-corrected chi connectivity index (χ3v) is 3.42. The van der Waals surface area contributed by atoms with E-state index < -0.39 is 30.6 Å². The number of aliphatic hydroxyl groups is 3. The van der Waals surface area contributed by atoms with Crippen LogP contribution < -0.4 is 5.73 Å². The van der Waals surface area contributed by atoms with Gasteiger partial charge in [-0.15, -0.1) is 6.42 Å². The van der Waals surface area contributed by atoms with E-state index in [1.54, 1.807) is 0 Å². The van der Waals surface area contributed by atoms with E-state index in [9.17, 15) is 15.3 Å². The first kappa shape index (κ1) is 13.7. The highest BCUT2D eigenvalue weighted by Gasteiger charge is 2.47. The van der Waals surface area contributed by atoms with Gasteiger partial charge in [0.25, 0.3) is 0 Å². The summed E-state index contributed by atoms with van der Waals surface area (Å²) < 4.78 is 6.87. The van der Waals surface area contributed by atoms with E-state index in [-0.39, 0.29) is 5.82 Å². The van der Waals surface area contributed by atoms with Gasteiger partial charge >= 0.3 is 0 Å². The fourth-order valence-corrected chi connectivity index (χ4v) is 2.33. The second kappa shape index (κ2) is 4.94. The molecule has 1 saturated heterocycles. The second-order valence-electron chi connectivity index (χ2n) is 4.67. The van der Waals surface area contributed by atoms with Crippen molar-refractivity contribution in [1.29, 1.82) is 0 Å². The third-order valence-electron chi connectivity index (χ3n) is 3.42. The summed E-state index contributed by atoms with van der Waals surface area (Å²) in [5, 5.41) is 29.6. The molecule has 0 aliphatic carbocycles. The van der Waals surface area contributed by atoms with E-state index in [0.717, 1.165) is 0 Å². The smallest absolute Gasteiger partial charge is 0.167 e. The molecular weight excluding hydrogens is 278 g/mol. The predicted molar refractivity (Wildman–Crippen MR) is 70.5 cm³/mol. The Morgan fingerprint density at radius 3 is 2.81 bits per heavy atom. The maximum atomic E-state index is 10.1. The van der Waals surface area contributed by atoms with Crippen LogP contribution in [0.3, 0.4) is 0 Å². The third kappa shape index (κ3) is 2.01. The molecule has 0 aromatic carbocycles. The standard InChI is InChI=1S/C12H13N5O4/c1-2-5(18)9-7(19)8(20)12(21-9)17-4-16-6-10(13)14-3-15-11(6)17/h1,3-5,7-9,12,18-20H,(H2,13,14,15)/t5-,7-,8+,9+,12+/m0/s1. The summed E-state index contributed by atoms with van der Waals surface area (Å²) in [5.74, 6) is 2.25. The number of ether oxygens (including phenoxy) is 1. The number of imidazole rings is 1. The molecule has 1 fully saturated rings. The summed E-state index contributed by atoms with van der Waals surface area (Å²) in [6.07, 6.45) is 1.65. The minimum Gasteiger partial charge on any atom is -0.387 e. The normalized spacial score (nSPS) is 30.4. The molecule has 110 valence electrons. The molecule has 0 amide bonds. The lowest BCUT2D eigenvalue weighted by molar-refractivity contribution is -0.0673. The number of nitrogen functional groups attached to an aromatic ring is 1. The van der Waals surface area contributed by atoms with Crippen LogP contribution in [0.4, 0.5) is 5.82 Å². The topological polar surface area (TPSA) is 140 Å². The van der Waals surface area contributed by atoms with Crippen LogP contribution in [0.2, 0.25) is 0 Å². The predicted octanol–water partition coefficient (Wildman–Crippen LogP) is -1.98. The molecule has 3 rings (SSSR count). The monoisotopic (exact) mass is 291 g/mol. The minimum absolute atomic E-state index is 0.187. The average molecular weight is 291 g/mol. The summed E-state index contributed by atoms with van der Waals surface area (Å²) in [7, 11) is 0. The summed E-state index contributed by atoms with van der Waals surface area (Å²) in [6.45, 7) is 0. The van der Waals surface area contributed by atoms with Crippen LogP contribution in [-0.4, -0.2) is 59.3 Å². The molecular formula is C12H13N5O4. The SMILES string of the molecule is C#C[C@H](O)[C@H]1O[C@@H](n2cnc3c(N)ncnc32)[C@H](O)[C@@H]1O. The van der Waals surface area contributed by atoms with Gasteiger partial charge in [-0.05, 0) is 0 Å². The van der Waals surface area contributed by atoms with Gasteiger partial charge in [-0.1, -0.05) is 5.92 Å². The van der Waals surface area contributed by atoms with Gasteiger partial charge in [0, 0.05) is 0 Å². The van der Waals surface area contributed by atoms with E-state index >= 15 is 0 Å².